The van der Waals surface area contributed by atoms with Crippen molar-refractivity contribution < 1.29 is 39.3 Å². The molecule has 0 spiro atoms. The minimum atomic E-state index is -0.833. The van der Waals surface area contributed by atoms with Crippen LogP contribution in [0.25, 0.3) is 0 Å². The number of carboxylic acid groups (broad SMARTS) is 2. The predicted octanol–water partition coefficient (Wildman–Crippen LogP) is 0.479. The maximum Gasteiger partial charge on any atom is 0.304 e. The van der Waals surface area contributed by atoms with Crippen LogP contribution in [0.15, 0.2) is 0 Å². The molecule has 62 valence electrons. The summed E-state index contributed by atoms with van der Waals surface area (Å²) >= 11 is 3.68. The van der Waals surface area contributed by atoms with Crippen molar-refractivity contribution in [1.82, 2.24) is 0 Å². The van der Waals surface area contributed by atoms with Crippen molar-refractivity contribution in [3.8, 4) is 0 Å². The molecule has 0 aliphatic heterocycles. The van der Waals surface area contributed by atoms with Gasteiger partial charge in [0.05, 0.1) is 6.42 Å². The summed E-state index contributed by atoms with van der Waals surface area (Å²) < 4.78 is 0. The van der Waals surface area contributed by atoms with E-state index in [9.17, 15) is 4.79 Å². The van der Waals surface area contributed by atoms with Crippen LogP contribution in [0.2, 0.25) is 0 Å². The average molecular weight is 232 g/mol. The zero-order valence-corrected chi connectivity index (χ0v) is 10.1. The molecule has 0 aliphatic rings. The average Bonchev–Trinajstić information content (AvgIpc) is 1.62. The first-order chi connectivity index (χ1) is 4.50. The van der Waals surface area contributed by atoms with Gasteiger partial charge in [-0.1, -0.05) is 0 Å². The summed E-state index contributed by atoms with van der Waals surface area (Å²) in [5.41, 5.74) is 0. The second-order valence-electron chi connectivity index (χ2n) is 1.39. The monoisotopic (exact) mass is 230 g/mol. The Bertz CT molecular complexity index is 113. The number of carboxylic acids is 2. The van der Waals surface area contributed by atoms with E-state index in [4.69, 9.17) is 15.0 Å². The minimum absolute atomic E-state index is 0. The molecule has 4 nitrogen and oxygen atoms in total. The number of aliphatic carboxylic acids is 2. The SMILES string of the molecule is CC(=O)O.O=C(O)CCS.[Zn]. The van der Waals surface area contributed by atoms with Crippen LogP contribution in [-0.4, -0.2) is 27.9 Å². The van der Waals surface area contributed by atoms with E-state index < -0.39 is 11.9 Å². The van der Waals surface area contributed by atoms with E-state index in [2.05, 4.69) is 12.6 Å². The molecule has 6 heteroatoms. The third kappa shape index (κ3) is 73.1. The Morgan fingerprint density at radius 3 is 1.64 bits per heavy atom. The largest absolute Gasteiger partial charge is 0.481 e. The molecule has 0 aliphatic carbocycles. The van der Waals surface area contributed by atoms with Crippen LogP contribution in [0.1, 0.15) is 13.3 Å². The van der Waals surface area contributed by atoms with Gasteiger partial charge in [0.25, 0.3) is 5.97 Å². The van der Waals surface area contributed by atoms with E-state index in [1.165, 1.54) is 0 Å². The smallest absolute Gasteiger partial charge is 0.304 e. The number of carbonyl (C=O) groups is 2. The summed E-state index contributed by atoms with van der Waals surface area (Å²) in [7, 11) is 0. The zero-order chi connectivity index (χ0) is 8.57. The van der Waals surface area contributed by atoms with Crippen molar-refractivity contribution in [1.29, 1.82) is 0 Å². The van der Waals surface area contributed by atoms with Gasteiger partial charge >= 0.3 is 5.97 Å². The summed E-state index contributed by atoms with van der Waals surface area (Å²) in [6.07, 6.45) is 0.156. The van der Waals surface area contributed by atoms with Crippen LogP contribution in [0.3, 0.4) is 0 Å². The van der Waals surface area contributed by atoms with Crippen molar-refractivity contribution in [2.24, 2.45) is 0 Å². The van der Waals surface area contributed by atoms with Crippen LogP contribution < -0.4 is 0 Å². The molecular formula is C5H10O4SZn. The molecule has 0 rings (SSSR count). The van der Waals surface area contributed by atoms with Gasteiger partial charge in [-0.25, -0.2) is 0 Å². The van der Waals surface area contributed by atoms with E-state index in [0.29, 0.717) is 5.75 Å². The summed E-state index contributed by atoms with van der Waals surface area (Å²) in [4.78, 5) is 18.6. The quantitative estimate of drug-likeness (QED) is 0.477. The van der Waals surface area contributed by atoms with E-state index in [1.807, 2.05) is 0 Å². The molecule has 0 saturated carbocycles. The first kappa shape index (κ1) is 17.1. The molecule has 0 radical (unpaired) electrons. The fourth-order valence-corrected chi connectivity index (χ4v) is 0.287. The van der Waals surface area contributed by atoms with Gasteiger partial charge in [-0.3, -0.25) is 9.59 Å². The molecule has 2 N–H and O–H groups in total. The van der Waals surface area contributed by atoms with Crippen molar-refractivity contribution >= 4 is 24.6 Å². The van der Waals surface area contributed by atoms with Crippen molar-refractivity contribution in [3.05, 3.63) is 0 Å². The van der Waals surface area contributed by atoms with Crippen molar-refractivity contribution in [2.75, 3.05) is 5.75 Å². The molecule has 0 aromatic carbocycles. The molecule has 0 atom stereocenters. The van der Waals surface area contributed by atoms with Crippen LogP contribution in [0, 0.1) is 0 Å². The van der Waals surface area contributed by atoms with E-state index >= 15 is 0 Å². The third-order valence-electron chi connectivity index (χ3n) is 0.326. The van der Waals surface area contributed by atoms with Crippen LogP contribution in [0.4, 0.5) is 0 Å². The van der Waals surface area contributed by atoms with Crippen LogP contribution in [0.5, 0.6) is 0 Å². The first-order valence-corrected chi connectivity index (χ1v) is 3.16. The molecule has 0 amide bonds. The van der Waals surface area contributed by atoms with E-state index in [1.54, 1.807) is 0 Å². The standard InChI is InChI=1S/C3H6O2S.C2H4O2.Zn/c4-3(5)1-2-6;1-2(3)4;/h6H,1-2H2,(H,4,5);1H3,(H,3,4);. The Hall–Kier alpha value is -0.0866. The van der Waals surface area contributed by atoms with Crippen molar-refractivity contribution in [2.45, 2.75) is 13.3 Å². The predicted molar refractivity (Wildman–Crippen MR) is 39.4 cm³/mol. The Kier molecular flexibility index (Phi) is 19.6. The Morgan fingerprint density at radius 1 is 1.36 bits per heavy atom. The minimum Gasteiger partial charge on any atom is -0.481 e. The molecule has 0 unspecified atom stereocenters. The molecule has 0 aromatic rings. The van der Waals surface area contributed by atoms with E-state index in [-0.39, 0.29) is 25.9 Å². The Labute approximate surface area is 83.2 Å². The van der Waals surface area contributed by atoms with Gasteiger partial charge in [0.15, 0.2) is 0 Å². The van der Waals surface area contributed by atoms with Gasteiger partial charge < -0.3 is 10.2 Å². The third-order valence-corrected chi connectivity index (χ3v) is 0.549. The van der Waals surface area contributed by atoms with Gasteiger partial charge in [-0.2, -0.15) is 12.6 Å². The second-order valence-corrected chi connectivity index (χ2v) is 1.83. The summed E-state index contributed by atoms with van der Waals surface area (Å²) in [5, 5.41) is 15.3. The summed E-state index contributed by atoms with van der Waals surface area (Å²) in [6, 6.07) is 0. The zero-order valence-electron chi connectivity index (χ0n) is 6.28. The Morgan fingerprint density at radius 2 is 1.64 bits per heavy atom. The Balaban J connectivity index is -0.000000114. The maximum absolute atomic E-state index is 9.55. The maximum atomic E-state index is 9.55. The van der Waals surface area contributed by atoms with Gasteiger partial charge in [0, 0.05) is 32.2 Å². The fourth-order valence-electron chi connectivity index (χ4n) is 0.0956. The molecule has 0 bridgehead atoms. The van der Waals surface area contributed by atoms with Gasteiger partial charge in [-0.05, 0) is 0 Å². The number of hydrogen-bond acceptors (Lipinski definition) is 3. The molecule has 11 heavy (non-hydrogen) atoms. The van der Waals surface area contributed by atoms with Gasteiger partial charge in [0.1, 0.15) is 0 Å². The fraction of sp³-hybridized carbons (Fsp3) is 0.600. The molecule has 0 aromatic heterocycles. The number of rotatable bonds is 2. The van der Waals surface area contributed by atoms with E-state index in [0.717, 1.165) is 6.92 Å². The molecule has 0 heterocycles. The summed E-state index contributed by atoms with van der Waals surface area (Å²) in [6.45, 7) is 1.08. The second kappa shape index (κ2) is 12.6. The normalized spacial score (nSPS) is 6.73. The number of thiol groups is 1. The molecule has 0 saturated heterocycles. The van der Waals surface area contributed by atoms with Gasteiger partial charge in [-0.15, -0.1) is 0 Å². The molecule has 0 fully saturated rings. The topological polar surface area (TPSA) is 74.6 Å². The van der Waals surface area contributed by atoms with Crippen LogP contribution >= 0.6 is 12.6 Å². The number of hydrogen-bond donors (Lipinski definition) is 3. The molecular weight excluding hydrogens is 222 g/mol. The first-order valence-electron chi connectivity index (χ1n) is 2.53. The van der Waals surface area contributed by atoms with Crippen molar-refractivity contribution in [3.63, 3.8) is 0 Å². The van der Waals surface area contributed by atoms with Crippen LogP contribution in [-0.2, 0) is 29.1 Å². The van der Waals surface area contributed by atoms with Gasteiger partial charge in [0.2, 0.25) is 0 Å². The summed E-state index contributed by atoms with van der Waals surface area (Å²) in [5.74, 6) is -1.19.